The maximum atomic E-state index is 1.55. The second-order valence-electron chi connectivity index (χ2n) is 1.68. The summed E-state index contributed by atoms with van der Waals surface area (Å²) in [4.78, 5) is 0. The molecule has 0 nitrogen and oxygen atoms in total. The smallest absolute Gasteiger partial charge is 0.0902 e. The predicted octanol–water partition coefficient (Wildman–Crippen LogP) is 0.202. The summed E-state index contributed by atoms with van der Waals surface area (Å²) >= 11 is 1.46. The van der Waals surface area contributed by atoms with Crippen molar-refractivity contribution in [3.8, 4) is 0 Å². The maximum Gasteiger partial charge on any atom is 0.216 e. The molecule has 0 radical (unpaired) electrons. The van der Waals surface area contributed by atoms with Gasteiger partial charge in [0.05, 0.1) is 0 Å². The van der Waals surface area contributed by atoms with Crippen molar-refractivity contribution >= 4 is 16.3 Å². The monoisotopic (exact) mass is 70.0 g/mol. The van der Waals surface area contributed by atoms with Gasteiger partial charge in [-0.25, -0.2) is 0 Å². The van der Waals surface area contributed by atoms with Gasteiger partial charge in [-0.1, -0.05) is 17.6 Å². The molecule has 0 spiro atoms. The molecule has 0 atom stereocenters. The first-order valence-electron chi connectivity index (χ1n) is 1.89. The quantitative estimate of drug-likeness (QED) is 0.357. The minimum Gasteiger partial charge on any atom is -0.0902 e. The molecule has 1 aliphatic rings. The van der Waals surface area contributed by atoms with E-state index >= 15 is 0 Å². The molecule has 0 aliphatic heterocycles. The van der Waals surface area contributed by atoms with Crippen LogP contribution in [0.2, 0.25) is 4.78 Å². The Morgan fingerprint density at radius 1 is 1.50 bits per heavy atom. The lowest BCUT2D eigenvalue weighted by molar-refractivity contribution is 1.47. The van der Waals surface area contributed by atoms with E-state index in [1.165, 1.54) is 21.1 Å². The van der Waals surface area contributed by atoms with Gasteiger partial charge in [-0.15, -0.1) is 0 Å². The van der Waals surface area contributed by atoms with Crippen LogP contribution in [0, 0.1) is 0 Å². The fourth-order valence-electron chi connectivity index (χ4n) is 0.167. The zero-order chi connectivity index (χ0) is 2.99. The second-order valence-corrected chi connectivity index (χ2v) is 3.32. The molecule has 22 valence electrons. The second kappa shape index (κ2) is 0.740. The van der Waals surface area contributed by atoms with Crippen molar-refractivity contribution in [2.75, 3.05) is 0 Å². The Labute approximate surface area is 34.6 Å². The average Bonchev–Trinajstić information content (AvgIpc) is 1.75. The summed E-state index contributed by atoms with van der Waals surface area (Å²) in [5.41, 5.74) is 0. The van der Waals surface area contributed by atoms with Gasteiger partial charge in [0.2, 0.25) is 16.3 Å². The first-order chi connectivity index (χ1) is 1.89. The van der Waals surface area contributed by atoms with Crippen LogP contribution in [0.25, 0.3) is 0 Å². The minimum atomic E-state index is 1.22. The van der Waals surface area contributed by atoms with Gasteiger partial charge in [-0.05, 0) is 0 Å². The van der Waals surface area contributed by atoms with Crippen LogP contribution in [0.5, 0.6) is 0 Å². The van der Waals surface area contributed by atoms with E-state index in [2.05, 4.69) is 0 Å². The van der Waals surface area contributed by atoms with Gasteiger partial charge in [0, 0.05) is 0 Å². The normalized spacial score (nSPS) is 26.0. The van der Waals surface area contributed by atoms with Crippen LogP contribution >= 0.6 is 0 Å². The SMILES string of the molecule is [AlH2][CH]1CC1. The lowest BCUT2D eigenvalue weighted by atomic mass is 11.0. The molecule has 0 aromatic heterocycles. The van der Waals surface area contributed by atoms with Crippen LogP contribution in [-0.4, -0.2) is 16.3 Å². The molecule has 1 rings (SSSR count). The highest BCUT2D eigenvalue weighted by molar-refractivity contribution is 6.13. The van der Waals surface area contributed by atoms with Crippen molar-refractivity contribution in [1.29, 1.82) is 0 Å². The summed E-state index contributed by atoms with van der Waals surface area (Å²) < 4.78 is 1.22. The van der Waals surface area contributed by atoms with E-state index in [4.69, 9.17) is 0 Å². The van der Waals surface area contributed by atoms with E-state index in [1.807, 2.05) is 0 Å². The fourth-order valence-corrected chi connectivity index (χ4v) is 0.500. The van der Waals surface area contributed by atoms with Crippen LogP contribution in [0.15, 0.2) is 0 Å². The molecule has 0 aromatic rings. The van der Waals surface area contributed by atoms with Crippen molar-refractivity contribution < 1.29 is 0 Å². The highest BCUT2D eigenvalue weighted by atomic mass is 27.0. The number of hydrogen-bond acceptors (Lipinski definition) is 0. The van der Waals surface area contributed by atoms with Crippen LogP contribution in [-0.2, 0) is 0 Å². The third kappa shape index (κ3) is 0.477. The molecule has 1 aliphatic carbocycles. The Balaban J connectivity index is 2.17. The summed E-state index contributed by atoms with van der Waals surface area (Å²) in [7, 11) is 0. The summed E-state index contributed by atoms with van der Waals surface area (Å²) in [5, 5.41) is 0. The van der Waals surface area contributed by atoms with Gasteiger partial charge in [-0.3, -0.25) is 0 Å². The van der Waals surface area contributed by atoms with Crippen LogP contribution < -0.4 is 0 Å². The van der Waals surface area contributed by atoms with Gasteiger partial charge in [0.1, 0.15) is 0 Å². The van der Waals surface area contributed by atoms with E-state index < -0.39 is 0 Å². The lowest BCUT2D eigenvalue weighted by Crippen LogP contribution is -1.47. The molecule has 1 heteroatoms. The Bertz CT molecular complexity index is 22.5. The van der Waals surface area contributed by atoms with Gasteiger partial charge in [0.25, 0.3) is 0 Å². The zero-order valence-electron chi connectivity index (χ0n) is 2.99. The Kier molecular flexibility index (Phi) is 0.509. The first kappa shape index (κ1) is 2.75. The third-order valence-corrected chi connectivity index (χ3v) is 2.02. The Morgan fingerprint density at radius 2 is 1.75 bits per heavy atom. The maximum absolute atomic E-state index is 1.55. The summed E-state index contributed by atoms with van der Waals surface area (Å²) in [6.07, 6.45) is 3.10. The lowest BCUT2D eigenvalue weighted by Gasteiger charge is -1.50. The molecule has 1 fully saturated rings. The molecular formula is C3H7Al. The van der Waals surface area contributed by atoms with E-state index in [0.717, 1.165) is 0 Å². The molecular weight excluding hydrogens is 63.0 g/mol. The Hall–Kier alpha value is 0.532. The Morgan fingerprint density at radius 3 is 1.75 bits per heavy atom. The van der Waals surface area contributed by atoms with E-state index in [1.54, 1.807) is 12.8 Å². The molecule has 0 bridgehead atoms. The van der Waals surface area contributed by atoms with E-state index in [0.29, 0.717) is 0 Å². The molecule has 0 unspecified atom stereocenters. The standard InChI is InChI=1S/C3H5.Al.2H/c1-2-3-1;;;/h1H,2-3H2;;;. The molecule has 0 saturated heterocycles. The molecule has 1 saturated carbocycles. The zero-order valence-corrected chi connectivity index (χ0v) is 4.99. The highest BCUT2D eigenvalue weighted by Crippen LogP contribution is 2.31. The predicted molar refractivity (Wildman–Crippen MR) is 21.5 cm³/mol. The largest absolute Gasteiger partial charge is 0.216 e. The summed E-state index contributed by atoms with van der Waals surface area (Å²) in [6, 6.07) is 0. The summed E-state index contributed by atoms with van der Waals surface area (Å²) in [6.45, 7) is 0. The molecule has 0 N–H and O–H groups in total. The highest BCUT2D eigenvalue weighted by Gasteiger charge is 2.12. The van der Waals surface area contributed by atoms with Gasteiger partial charge < -0.3 is 0 Å². The van der Waals surface area contributed by atoms with Crippen LogP contribution in [0.3, 0.4) is 0 Å². The average molecular weight is 70.1 g/mol. The molecule has 4 heavy (non-hydrogen) atoms. The fraction of sp³-hybridized carbons (Fsp3) is 1.00. The van der Waals surface area contributed by atoms with Crippen molar-refractivity contribution in [3.63, 3.8) is 0 Å². The van der Waals surface area contributed by atoms with E-state index in [9.17, 15) is 0 Å². The third-order valence-electron chi connectivity index (χ3n) is 0.866. The number of hydrogen-bond donors (Lipinski definition) is 0. The molecule has 0 aromatic carbocycles. The summed E-state index contributed by atoms with van der Waals surface area (Å²) in [5.74, 6) is 0. The van der Waals surface area contributed by atoms with Crippen LogP contribution in [0.1, 0.15) is 12.8 Å². The topological polar surface area (TPSA) is 0 Å². The molecule has 0 amide bonds. The van der Waals surface area contributed by atoms with Crippen molar-refractivity contribution in [2.45, 2.75) is 17.6 Å². The van der Waals surface area contributed by atoms with Gasteiger partial charge >= 0.3 is 0 Å². The molecule has 0 heterocycles. The van der Waals surface area contributed by atoms with Crippen molar-refractivity contribution in [3.05, 3.63) is 0 Å². The van der Waals surface area contributed by atoms with Gasteiger partial charge in [0.15, 0.2) is 0 Å². The number of rotatable bonds is 0. The van der Waals surface area contributed by atoms with Crippen LogP contribution in [0.4, 0.5) is 0 Å². The van der Waals surface area contributed by atoms with Gasteiger partial charge in [-0.2, -0.15) is 0 Å². The first-order valence-corrected chi connectivity index (χ1v) is 3.05. The van der Waals surface area contributed by atoms with E-state index in [-0.39, 0.29) is 0 Å². The minimum absolute atomic E-state index is 1.22. The van der Waals surface area contributed by atoms with Crippen molar-refractivity contribution in [1.82, 2.24) is 0 Å². The van der Waals surface area contributed by atoms with Crippen molar-refractivity contribution in [2.24, 2.45) is 0 Å².